The molecule has 0 spiro atoms. The highest BCUT2D eigenvalue weighted by Crippen LogP contribution is 2.23. The van der Waals surface area contributed by atoms with Crippen molar-refractivity contribution in [2.45, 2.75) is 26.3 Å². The fourth-order valence-electron chi connectivity index (χ4n) is 3.42. The topological polar surface area (TPSA) is 76.6 Å². The Hall–Kier alpha value is -1.99. The van der Waals surface area contributed by atoms with Crippen molar-refractivity contribution in [3.63, 3.8) is 0 Å². The highest BCUT2D eigenvalue weighted by atomic mass is 32.2. The summed E-state index contributed by atoms with van der Waals surface area (Å²) in [4.78, 5) is 19.4. The number of pyridine rings is 1. The van der Waals surface area contributed by atoms with Gasteiger partial charge in [0.1, 0.15) is 0 Å². The van der Waals surface area contributed by atoms with E-state index >= 15 is 0 Å². The average molecular weight is 376 g/mol. The zero-order valence-corrected chi connectivity index (χ0v) is 16.2. The molecule has 3 rings (SSSR count). The zero-order valence-electron chi connectivity index (χ0n) is 15.4. The van der Waals surface area contributed by atoms with Gasteiger partial charge in [0.2, 0.25) is 0 Å². The standard InChI is InChI=1S/C19H24N2O4S/c1-13-4-5-18-15(10-13)11-17(14(2)20-18)19(22)21(7-8-25-3)16-6-9-26(23,24)12-16/h4-5,10-11,16H,6-9,12H2,1-3H3. The van der Waals surface area contributed by atoms with E-state index in [0.717, 1.165) is 16.5 Å². The molecule has 26 heavy (non-hydrogen) atoms. The van der Waals surface area contributed by atoms with E-state index in [1.807, 2.05) is 38.1 Å². The molecule has 1 aliphatic heterocycles. The first kappa shape index (κ1) is 18.8. The molecule has 1 saturated heterocycles. The zero-order chi connectivity index (χ0) is 18.9. The quantitative estimate of drug-likeness (QED) is 0.799. The monoisotopic (exact) mass is 376 g/mol. The molecule has 1 unspecified atom stereocenters. The van der Waals surface area contributed by atoms with Crippen LogP contribution in [-0.2, 0) is 14.6 Å². The number of carbonyl (C=O) groups is 1. The summed E-state index contributed by atoms with van der Waals surface area (Å²) in [5.74, 6) is -0.0398. The van der Waals surface area contributed by atoms with Gasteiger partial charge in [0.05, 0.1) is 34.9 Å². The van der Waals surface area contributed by atoms with Crippen molar-refractivity contribution in [3.8, 4) is 0 Å². The number of ether oxygens (including phenoxy) is 1. The van der Waals surface area contributed by atoms with Crippen LogP contribution < -0.4 is 0 Å². The number of amides is 1. The number of fused-ring (bicyclic) bond motifs is 1. The van der Waals surface area contributed by atoms with Crippen LogP contribution in [0.5, 0.6) is 0 Å². The molecule has 1 aliphatic rings. The second-order valence-corrected chi connectivity index (χ2v) is 9.09. The third-order valence-corrected chi connectivity index (χ3v) is 6.59. The first-order valence-corrected chi connectivity index (χ1v) is 10.5. The number of nitrogens with zero attached hydrogens (tertiary/aromatic N) is 2. The SMILES string of the molecule is COCCN(C(=O)c1cc2cc(C)ccc2nc1C)C1CCS(=O)(=O)C1. The molecule has 7 heteroatoms. The number of carbonyl (C=O) groups excluding carboxylic acids is 1. The smallest absolute Gasteiger partial charge is 0.256 e. The lowest BCUT2D eigenvalue weighted by molar-refractivity contribution is 0.0623. The summed E-state index contributed by atoms with van der Waals surface area (Å²) in [5, 5.41) is 0.907. The molecule has 6 nitrogen and oxygen atoms in total. The number of benzene rings is 1. The lowest BCUT2D eigenvalue weighted by Gasteiger charge is -2.28. The van der Waals surface area contributed by atoms with Gasteiger partial charge in [-0.2, -0.15) is 0 Å². The van der Waals surface area contributed by atoms with Crippen molar-refractivity contribution >= 4 is 26.6 Å². The largest absolute Gasteiger partial charge is 0.383 e. The summed E-state index contributed by atoms with van der Waals surface area (Å²) in [6.45, 7) is 4.53. The maximum Gasteiger partial charge on any atom is 0.256 e. The highest BCUT2D eigenvalue weighted by Gasteiger charge is 2.35. The number of hydrogen-bond acceptors (Lipinski definition) is 5. The van der Waals surface area contributed by atoms with E-state index < -0.39 is 9.84 Å². The molecule has 1 aromatic heterocycles. The molecular weight excluding hydrogens is 352 g/mol. The van der Waals surface area contributed by atoms with Crippen LogP contribution in [0.2, 0.25) is 0 Å². The molecule has 0 saturated carbocycles. The Balaban J connectivity index is 1.98. The second kappa shape index (κ2) is 7.32. The molecule has 1 atom stereocenters. The fourth-order valence-corrected chi connectivity index (χ4v) is 5.15. The van der Waals surface area contributed by atoms with Crippen LogP contribution >= 0.6 is 0 Å². The summed E-state index contributed by atoms with van der Waals surface area (Å²) in [7, 11) is -1.51. The van der Waals surface area contributed by atoms with E-state index in [-0.39, 0.29) is 23.5 Å². The molecule has 140 valence electrons. The molecule has 0 aliphatic carbocycles. The number of aryl methyl sites for hydroxylation is 2. The van der Waals surface area contributed by atoms with Crippen LogP contribution in [-0.4, -0.2) is 62.0 Å². The van der Waals surface area contributed by atoms with Crippen molar-refractivity contribution in [3.05, 3.63) is 41.1 Å². The maximum absolute atomic E-state index is 13.2. The van der Waals surface area contributed by atoms with E-state index in [2.05, 4.69) is 4.98 Å². The summed E-state index contributed by atoms with van der Waals surface area (Å²) in [5.41, 5.74) is 3.11. The van der Waals surface area contributed by atoms with E-state index in [1.54, 1.807) is 12.0 Å². The Kier molecular flexibility index (Phi) is 5.29. The van der Waals surface area contributed by atoms with Crippen molar-refractivity contribution < 1.29 is 17.9 Å². The molecule has 0 radical (unpaired) electrons. The Morgan fingerprint density at radius 3 is 2.73 bits per heavy atom. The molecule has 2 heterocycles. The predicted octanol–water partition coefficient (Wildman–Crippen LogP) is 2.13. The van der Waals surface area contributed by atoms with Crippen LogP contribution in [0.25, 0.3) is 10.9 Å². The van der Waals surface area contributed by atoms with Crippen LogP contribution in [0, 0.1) is 13.8 Å². The predicted molar refractivity (Wildman–Crippen MR) is 101 cm³/mol. The highest BCUT2D eigenvalue weighted by molar-refractivity contribution is 7.91. The van der Waals surface area contributed by atoms with Gasteiger partial charge in [-0.05, 0) is 38.5 Å². The van der Waals surface area contributed by atoms with Gasteiger partial charge in [0.15, 0.2) is 9.84 Å². The summed E-state index contributed by atoms with van der Waals surface area (Å²) in [6, 6.07) is 7.48. The number of hydrogen-bond donors (Lipinski definition) is 0. The first-order valence-electron chi connectivity index (χ1n) is 8.69. The van der Waals surface area contributed by atoms with Crippen LogP contribution in [0.3, 0.4) is 0 Å². The lowest BCUT2D eigenvalue weighted by Crippen LogP contribution is -2.43. The van der Waals surface area contributed by atoms with Gasteiger partial charge in [-0.25, -0.2) is 8.42 Å². The Morgan fingerprint density at radius 2 is 2.08 bits per heavy atom. The molecule has 1 fully saturated rings. The minimum Gasteiger partial charge on any atom is -0.383 e. The minimum absolute atomic E-state index is 0.0155. The third-order valence-electron chi connectivity index (χ3n) is 4.84. The summed E-state index contributed by atoms with van der Waals surface area (Å²) < 4.78 is 28.9. The van der Waals surface area contributed by atoms with Gasteiger partial charge in [0, 0.05) is 25.1 Å². The van der Waals surface area contributed by atoms with Gasteiger partial charge < -0.3 is 9.64 Å². The molecule has 1 aromatic carbocycles. The van der Waals surface area contributed by atoms with E-state index in [1.165, 1.54) is 0 Å². The Morgan fingerprint density at radius 1 is 1.31 bits per heavy atom. The van der Waals surface area contributed by atoms with Gasteiger partial charge in [-0.3, -0.25) is 9.78 Å². The first-order chi connectivity index (χ1) is 12.3. The van der Waals surface area contributed by atoms with Crippen molar-refractivity contribution in [2.75, 3.05) is 31.8 Å². The van der Waals surface area contributed by atoms with Gasteiger partial charge in [-0.15, -0.1) is 0 Å². The maximum atomic E-state index is 13.2. The van der Waals surface area contributed by atoms with E-state index in [9.17, 15) is 13.2 Å². The van der Waals surface area contributed by atoms with Gasteiger partial charge in [0.25, 0.3) is 5.91 Å². The van der Waals surface area contributed by atoms with Crippen molar-refractivity contribution in [2.24, 2.45) is 0 Å². The van der Waals surface area contributed by atoms with Crippen molar-refractivity contribution in [1.29, 1.82) is 0 Å². The van der Waals surface area contributed by atoms with Crippen LogP contribution in [0.4, 0.5) is 0 Å². The van der Waals surface area contributed by atoms with Crippen molar-refractivity contribution in [1.82, 2.24) is 9.88 Å². The second-order valence-electron chi connectivity index (χ2n) is 6.87. The van der Waals surface area contributed by atoms with Gasteiger partial charge in [-0.1, -0.05) is 11.6 Å². The number of aromatic nitrogens is 1. The number of rotatable bonds is 5. The van der Waals surface area contributed by atoms with Gasteiger partial charge >= 0.3 is 0 Å². The summed E-state index contributed by atoms with van der Waals surface area (Å²) in [6.07, 6.45) is 0.469. The molecule has 2 aromatic rings. The molecule has 1 amide bonds. The third kappa shape index (κ3) is 3.88. The Labute approximate surface area is 154 Å². The molecule has 0 bridgehead atoms. The summed E-state index contributed by atoms with van der Waals surface area (Å²) >= 11 is 0. The Bertz CT molecular complexity index is 940. The molecule has 0 N–H and O–H groups in total. The normalized spacial score (nSPS) is 19.0. The number of methoxy groups -OCH3 is 1. The van der Waals surface area contributed by atoms with Crippen LogP contribution in [0.15, 0.2) is 24.3 Å². The van der Waals surface area contributed by atoms with Crippen LogP contribution in [0.1, 0.15) is 28.0 Å². The number of sulfone groups is 1. The minimum atomic E-state index is -3.08. The lowest BCUT2D eigenvalue weighted by atomic mass is 10.1. The van der Waals surface area contributed by atoms with E-state index in [4.69, 9.17) is 4.74 Å². The fraction of sp³-hybridized carbons (Fsp3) is 0.474. The van der Waals surface area contributed by atoms with E-state index in [0.29, 0.717) is 30.8 Å². The molecular formula is C19H24N2O4S. The average Bonchev–Trinajstić information content (AvgIpc) is 2.94.